The molecule has 0 amide bonds. The first-order valence-corrected chi connectivity index (χ1v) is 6.69. The molecule has 0 aliphatic heterocycles. The fourth-order valence-corrected chi connectivity index (χ4v) is 1.88. The summed E-state index contributed by atoms with van der Waals surface area (Å²) < 4.78 is 1.85. The molecule has 4 heteroatoms. The monoisotopic (exact) mass is 273 g/mol. The second-order valence-corrected chi connectivity index (χ2v) is 4.56. The summed E-state index contributed by atoms with van der Waals surface area (Å²) in [5, 5.41) is 8.72. The molecule has 0 aliphatic carbocycles. The van der Waals surface area contributed by atoms with Gasteiger partial charge >= 0.3 is 0 Å². The Hall–Kier alpha value is -0.350. The van der Waals surface area contributed by atoms with Gasteiger partial charge in [-0.2, -0.15) is 5.10 Å². The Morgan fingerprint density at radius 3 is 2.87 bits per heavy atom. The van der Waals surface area contributed by atoms with Gasteiger partial charge in [-0.15, -0.1) is 0 Å². The summed E-state index contributed by atoms with van der Waals surface area (Å²) in [7, 11) is 1.96. The maximum absolute atomic E-state index is 4.14. The number of unbranched alkanes of at least 4 members (excludes halogenated alkanes) is 2. The van der Waals surface area contributed by atoms with E-state index in [-0.39, 0.29) is 0 Å². The van der Waals surface area contributed by atoms with Gasteiger partial charge in [0.15, 0.2) is 0 Å². The standard InChI is InChI=1S/C11H20BrN3/c1-15-10-11(9-14-15)5-8-13-7-4-2-3-6-12/h9-10,13H,2-8H2,1H3. The highest BCUT2D eigenvalue weighted by atomic mass is 79.9. The van der Waals surface area contributed by atoms with Crippen LogP contribution in [0.4, 0.5) is 0 Å². The van der Waals surface area contributed by atoms with Gasteiger partial charge in [-0.1, -0.05) is 22.4 Å². The molecule has 0 bridgehead atoms. The summed E-state index contributed by atoms with van der Waals surface area (Å²) in [4.78, 5) is 0. The predicted molar refractivity (Wildman–Crippen MR) is 67.4 cm³/mol. The number of aryl methyl sites for hydroxylation is 1. The van der Waals surface area contributed by atoms with Crippen LogP contribution in [0.5, 0.6) is 0 Å². The third-order valence-corrected chi connectivity index (χ3v) is 2.90. The van der Waals surface area contributed by atoms with Gasteiger partial charge in [0.2, 0.25) is 0 Å². The van der Waals surface area contributed by atoms with E-state index in [1.54, 1.807) is 0 Å². The van der Waals surface area contributed by atoms with E-state index < -0.39 is 0 Å². The van der Waals surface area contributed by atoms with E-state index in [4.69, 9.17) is 0 Å². The number of hydrogen-bond donors (Lipinski definition) is 1. The summed E-state index contributed by atoms with van der Waals surface area (Å²) in [5.74, 6) is 0. The molecule has 86 valence electrons. The largest absolute Gasteiger partial charge is 0.316 e. The molecule has 0 aromatic carbocycles. The van der Waals surface area contributed by atoms with Gasteiger partial charge < -0.3 is 5.32 Å². The van der Waals surface area contributed by atoms with Crippen molar-refractivity contribution in [2.75, 3.05) is 18.4 Å². The average Bonchev–Trinajstić information content (AvgIpc) is 2.63. The maximum atomic E-state index is 4.14. The minimum absolute atomic E-state index is 1.06. The van der Waals surface area contributed by atoms with E-state index in [9.17, 15) is 0 Å². The van der Waals surface area contributed by atoms with Gasteiger partial charge in [0.05, 0.1) is 6.20 Å². The summed E-state index contributed by atoms with van der Waals surface area (Å²) in [6, 6.07) is 0. The SMILES string of the molecule is Cn1cc(CCNCCCCCBr)cn1. The Labute approximate surface area is 100 Å². The molecule has 0 fully saturated rings. The molecule has 1 N–H and O–H groups in total. The minimum atomic E-state index is 1.06. The van der Waals surface area contributed by atoms with Crippen molar-refractivity contribution in [3.05, 3.63) is 18.0 Å². The van der Waals surface area contributed by atoms with Gasteiger partial charge in [-0.25, -0.2) is 0 Å². The molecule has 1 aromatic rings. The topological polar surface area (TPSA) is 29.9 Å². The van der Waals surface area contributed by atoms with E-state index >= 15 is 0 Å². The van der Waals surface area contributed by atoms with Crippen LogP contribution in [0, 0.1) is 0 Å². The van der Waals surface area contributed by atoms with Crippen LogP contribution in [0.2, 0.25) is 0 Å². The van der Waals surface area contributed by atoms with Crippen molar-refractivity contribution in [2.45, 2.75) is 25.7 Å². The second-order valence-electron chi connectivity index (χ2n) is 3.77. The van der Waals surface area contributed by atoms with Crippen molar-refractivity contribution in [1.82, 2.24) is 15.1 Å². The number of aromatic nitrogens is 2. The lowest BCUT2D eigenvalue weighted by Gasteiger charge is -2.02. The fourth-order valence-electron chi connectivity index (χ4n) is 1.48. The Balaban J connectivity index is 1.93. The maximum Gasteiger partial charge on any atom is 0.0522 e. The van der Waals surface area contributed by atoms with Crippen LogP contribution in [0.15, 0.2) is 12.4 Å². The van der Waals surface area contributed by atoms with E-state index in [2.05, 4.69) is 32.5 Å². The third-order valence-electron chi connectivity index (χ3n) is 2.34. The molecular formula is C11H20BrN3. The van der Waals surface area contributed by atoms with E-state index in [0.717, 1.165) is 24.8 Å². The third kappa shape index (κ3) is 5.95. The van der Waals surface area contributed by atoms with Gasteiger partial charge in [0.1, 0.15) is 0 Å². The Bertz CT molecular complexity index is 260. The molecule has 0 radical (unpaired) electrons. The van der Waals surface area contributed by atoms with Crippen molar-refractivity contribution < 1.29 is 0 Å². The molecule has 15 heavy (non-hydrogen) atoms. The fraction of sp³-hybridized carbons (Fsp3) is 0.727. The summed E-state index contributed by atoms with van der Waals surface area (Å²) in [5.41, 5.74) is 1.31. The summed E-state index contributed by atoms with van der Waals surface area (Å²) in [6.45, 7) is 2.19. The van der Waals surface area contributed by atoms with E-state index in [0.29, 0.717) is 0 Å². The van der Waals surface area contributed by atoms with Gasteiger partial charge in [0, 0.05) is 18.6 Å². The number of halogens is 1. The highest BCUT2D eigenvalue weighted by Gasteiger charge is 1.95. The molecule has 0 atom stereocenters. The van der Waals surface area contributed by atoms with E-state index in [1.807, 2.05) is 17.9 Å². The summed E-state index contributed by atoms with van der Waals surface area (Å²) >= 11 is 3.44. The van der Waals surface area contributed by atoms with Crippen molar-refractivity contribution in [1.29, 1.82) is 0 Å². The molecule has 0 saturated heterocycles. The van der Waals surface area contributed by atoms with Crippen LogP contribution in [0.3, 0.4) is 0 Å². The normalized spacial score (nSPS) is 10.8. The lowest BCUT2D eigenvalue weighted by molar-refractivity contribution is 0.619. The van der Waals surface area contributed by atoms with Crippen molar-refractivity contribution in [2.24, 2.45) is 7.05 Å². The molecule has 0 saturated carbocycles. The molecule has 1 heterocycles. The highest BCUT2D eigenvalue weighted by molar-refractivity contribution is 9.09. The first-order valence-electron chi connectivity index (χ1n) is 5.57. The lowest BCUT2D eigenvalue weighted by Crippen LogP contribution is -2.18. The molecule has 0 aliphatic rings. The van der Waals surface area contributed by atoms with Crippen LogP contribution in [0.25, 0.3) is 0 Å². The van der Waals surface area contributed by atoms with Crippen LogP contribution in [-0.4, -0.2) is 28.2 Å². The molecule has 0 spiro atoms. The predicted octanol–water partition coefficient (Wildman–Crippen LogP) is 2.12. The average molecular weight is 274 g/mol. The first-order chi connectivity index (χ1) is 7.33. The zero-order valence-electron chi connectivity index (χ0n) is 9.38. The highest BCUT2D eigenvalue weighted by Crippen LogP contribution is 1.98. The van der Waals surface area contributed by atoms with Gasteiger partial charge in [-0.3, -0.25) is 4.68 Å². The molecular weight excluding hydrogens is 254 g/mol. The lowest BCUT2D eigenvalue weighted by atomic mass is 10.2. The van der Waals surface area contributed by atoms with Crippen LogP contribution < -0.4 is 5.32 Å². The van der Waals surface area contributed by atoms with Crippen LogP contribution in [0.1, 0.15) is 24.8 Å². The molecule has 3 nitrogen and oxygen atoms in total. The molecule has 0 unspecified atom stereocenters. The van der Waals surface area contributed by atoms with Crippen LogP contribution >= 0.6 is 15.9 Å². The Kier molecular flexibility index (Phi) is 6.68. The number of nitrogens with zero attached hydrogens (tertiary/aromatic N) is 2. The first kappa shape index (κ1) is 12.7. The number of rotatable bonds is 8. The van der Waals surface area contributed by atoms with Gasteiger partial charge in [0.25, 0.3) is 0 Å². The molecule has 1 rings (SSSR count). The Morgan fingerprint density at radius 2 is 2.20 bits per heavy atom. The minimum Gasteiger partial charge on any atom is -0.316 e. The van der Waals surface area contributed by atoms with Crippen molar-refractivity contribution >= 4 is 15.9 Å². The second kappa shape index (κ2) is 7.88. The molecule has 1 aromatic heterocycles. The number of alkyl halides is 1. The van der Waals surface area contributed by atoms with Gasteiger partial charge in [-0.05, 0) is 37.9 Å². The number of nitrogens with one attached hydrogen (secondary N) is 1. The van der Waals surface area contributed by atoms with E-state index in [1.165, 1.54) is 24.8 Å². The smallest absolute Gasteiger partial charge is 0.0522 e. The number of hydrogen-bond acceptors (Lipinski definition) is 2. The zero-order chi connectivity index (χ0) is 10.9. The zero-order valence-corrected chi connectivity index (χ0v) is 11.0. The summed E-state index contributed by atoms with van der Waals surface area (Å²) in [6.07, 6.45) is 8.96. The quantitative estimate of drug-likeness (QED) is 0.581. The van der Waals surface area contributed by atoms with Crippen molar-refractivity contribution in [3.8, 4) is 0 Å². The van der Waals surface area contributed by atoms with Crippen molar-refractivity contribution in [3.63, 3.8) is 0 Å². The van der Waals surface area contributed by atoms with Crippen LogP contribution in [-0.2, 0) is 13.5 Å². The Morgan fingerprint density at radius 1 is 1.33 bits per heavy atom.